The molecule has 0 aliphatic heterocycles. The molecule has 0 aliphatic carbocycles. The smallest absolute Gasteiger partial charge is 0.333 e. The predicted molar refractivity (Wildman–Crippen MR) is 150 cm³/mol. The van der Waals surface area contributed by atoms with E-state index >= 15 is 0 Å². The second-order valence-corrected chi connectivity index (χ2v) is 11.8. The summed E-state index contributed by atoms with van der Waals surface area (Å²) in [6.45, 7) is 17.8. The first-order chi connectivity index (χ1) is 17.1. The van der Waals surface area contributed by atoms with Crippen LogP contribution in [-0.4, -0.2) is 61.5 Å². The summed E-state index contributed by atoms with van der Waals surface area (Å²) in [5.41, 5.74) is 0.426. The maximum Gasteiger partial charge on any atom is 0.333 e. The molecule has 208 valence electrons. The van der Waals surface area contributed by atoms with Crippen LogP contribution in [0.5, 0.6) is 0 Å². The van der Waals surface area contributed by atoms with Gasteiger partial charge in [0.25, 0.3) is 0 Å². The first kappa shape index (κ1) is 32.4. The number of nitrogens with zero attached hydrogens (tertiary/aromatic N) is 1. The Balaban J connectivity index is 3.30. The molecule has 7 nitrogen and oxygen atoms in total. The van der Waals surface area contributed by atoms with Gasteiger partial charge in [0.2, 0.25) is 11.8 Å². The molecule has 0 unspecified atom stereocenters. The van der Waals surface area contributed by atoms with Crippen molar-refractivity contribution >= 4 is 17.8 Å². The molecular formula is C30H49N3O4. The third-order valence-electron chi connectivity index (χ3n) is 6.79. The Hall–Kier alpha value is -2.67. The molecule has 0 spiro atoms. The van der Waals surface area contributed by atoms with Crippen molar-refractivity contribution in [2.45, 2.75) is 92.3 Å². The zero-order valence-corrected chi connectivity index (χ0v) is 24.8. The SMILES string of the molecule is CCOC(=O)C(C)=C[C@H](CC(C)C)N(C)C(=O)[C@@H](NC(=O)[C@@H](NC)C(C)(C)c1ccccc1)C(C)(C)C. The molecule has 0 saturated heterocycles. The van der Waals surface area contributed by atoms with E-state index in [1.165, 1.54) is 0 Å². The average Bonchev–Trinajstić information content (AvgIpc) is 2.81. The van der Waals surface area contributed by atoms with Crippen molar-refractivity contribution < 1.29 is 19.1 Å². The van der Waals surface area contributed by atoms with Gasteiger partial charge in [-0.3, -0.25) is 9.59 Å². The number of carbonyl (C=O) groups is 3. The van der Waals surface area contributed by atoms with Gasteiger partial charge >= 0.3 is 5.97 Å². The van der Waals surface area contributed by atoms with Gasteiger partial charge in [0.15, 0.2) is 0 Å². The van der Waals surface area contributed by atoms with Gasteiger partial charge in [-0.1, -0.05) is 84.9 Å². The summed E-state index contributed by atoms with van der Waals surface area (Å²) >= 11 is 0. The molecule has 7 heteroatoms. The van der Waals surface area contributed by atoms with Crippen molar-refractivity contribution in [2.75, 3.05) is 20.7 Å². The van der Waals surface area contributed by atoms with Gasteiger partial charge in [0.05, 0.1) is 18.7 Å². The zero-order valence-electron chi connectivity index (χ0n) is 24.8. The first-order valence-corrected chi connectivity index (χ1v) is 13.2. The summed E-state index contributed by atoms with van der Waals surface area (Å²) in [5.74, 6) is -0.546. The maximum absolute atomic E-state index is 13.9. The van der Waals surface area contributed by atoms with Crippen LogP contribution >= 0.6 is 0 Å². The van der Waals surface area contributed by atoms with E-state index in [2.05, 4.69) is 24.5 Å². The number of hydrogen-bond donors (Lipinski definition) is 2. The number of carbonyl (C=O) groups excluding carboxylic acids is 3. The van der Waals surface area contributed by atoms with E-state index in [0.717, 1.165) is 5.56 Å². The van der Waals surface area contributed by atoms with Crippen LogP contribution in [0.2, 0.25) is 0 Å². The Kier molecular flexibility index (Phi) is 12.0. The third kappa shape index (κ3) is 8.99. The fourth-order valence-electron chi connectivity index (χ4n) is 4.52. The summed E-state index contributed by atoms with van der Waals surface area (Å²) in [5, 5.41) is 6.23. The van der Waals surface area contributed by atoms with Crippen LogP contribution in [-0.2, 0) is 24.5 Å². The van der Waals surface area contributed by atoms with Gasteiger partial charge in [-0.15, -0.1) is 0 Å². The Morgan fingerprint density at radius 2 is 1.59 bits per heavy atom. The van der Waals surface area contributed by atoms with E-state index in [0.29, 0.717) is 12.0 Å². The number of esters is 1. The van der Waals surface area contributed by atoms with E-state index in [-0.39, 0.29) is 30.4 Å². The van der Waals surface area contributed by atoms with Gasteiger partial charge in [-0.25, -0.2) is 4.79 Å². The molecule has 1 aromatic rings. The molecule has 0 aliphatic rings. The van der Waals surface area contributed by atoms with E-state index in [4.69, 9.17) is 4.74 Å². The Bertz CT molecular complexity index is 932. The maximum atomic E-state index is 13.9. The number of benzene rings is 1. The van der Waals surface area contributed by atoms with Crippen LogP contribution in [0.15, 0.2) is 42.0 Å². The molecule has 1 rings (SSSR count). The Morgan fingerprint density at radius 3 is 2.05 bits per heavy atom. The van der Waals surface area contributed by atoms with Crippen LogP contribution in [0.25, 0.3) is 0 Å². The molecule has 0 fully saturated rings. The summed E-state index contributed by atoms with van der Waals surface area (Å²) in [6.07, 6.45) is 2.47. The quantitative estimate of drug-likeness (QED) is 0.317. The number of ether oxygens (including phenoxy) is 1. The molecule has 0 heterocycles. The van der Waals surface area contributed by atoms with E-state index in [1.54, 1.807) is 38.9 Å². The van der Waals surface area contributed by atoms with Gasteiger partial charge < -0.3 is 20.3 Å². The predicted octanol–water partition coefficient (Wildman–Crippen LogP) is 4.47. The van der Waals surface area contributed by atoms with Gasteiger partial charge in [-0.2, -0.15) is 0 Å². The molecule has 2 N–H and O–H groups in total. The van der Waals surface area contributed by atoms with Crippen LogP contribution in [0.4, 0.5) is 0 Å². The second kappa shape index (κ2) is 13.8. The monoisotopic (exact) mass is 515 g/mol. The number of rotatable bonds is 12. The molecule has 0 aromatic heterocycles. The lowest BCUT2D eigenvalue weighted by molar-refractivity contribution is -0.141. The first-order valence-electron chi connectivity index (χ1n) is 13.2. The average molecular weight is 516 g/mol. The van der Waals surface area contributed by atoms with Crippen LogP contribution < -0.4 is 10.6 Å². The van der Waals surface area contributed by atoms with E-state index in [9.17, 15) is 14.4 Å². The molecule has 3 atom stereocenters. The molecule has 0 bridgehead atoms. The van der Waals surface area contributed by atoms with Gasteiger partial charge in [0.1, 0.15) is 6.04 Å². The fourth-order valence-corrected chi connectivity index (χ4v) is 4.52. The van der Waals surface area contributed by atoms with Gasteiger partial charge in [-0.05, 0) is 44.2 Å². The lowest BCUT2D eigenvalue weighted by Crippen LogP contribution is -2.61. The summed E-state index contributed by atoms with van der Waals surface area (Å²) in [7, 11) is 3.50. The zero-order chi connectivity index (χ0) is 28.6. The van der Waals surface area contributed by atoms with Crippen LogP contribution in [0.3, 0.4) is 0 Å². The van der Waals surface area contributed by atoms with Crippen molar-refractivity contribution in [3.63, 3.8) is 0 Å². The minimum Gasteiger partial charge on any atom is -0.463 e. The van der Waals surface area contributed by atoms with E-state index < -0.39 is 28.9 Å². The molecule has 0 saturated carbocycles. The number of amides is 2. The molecule has 37 heavy (non-hydrogen) atoms. The standard InChI is InChI=1S/C30H49N3O4/c1-12-37-28(36)21(4)19-23(18-20(2)3)33(11)27(35)25(29(5,6)7)32-26(34)24(31-10)30(8,9)22-16-14-13-15-17-22/h13-17,19-20,23-25,31H,12,18H2,1-11H3,(H,32,34)/t23-,24+,25+/m0/s1. The highest BCUT2D eigenvalue weighted by atomic mass is 16.5. The number of nitrogens with one attached hydrogen (secondary N) is 2. The summed E-state index contributed by atoms with van der Waals surface area (Å²) < 4.78 is 5.14. The van der Waals surface area contributed by atoms with Crippen molar-refractivity contribution in [3.05, 3.63) is 47.5 Å². The summed E-state index contributed by atoms with van der Waals surface area (Å²) in [6, 6.07) is 8.23. The topological polar surface area (TPSA) is 87.7 Å². The number of hydrogen-bond acceptors (Lipinski definition) is 5. The molecule has 2 amide bonds. The fraction of sp³-hybridized carbons (Fsp3) is 0.633. The Morgan fingerprint density at radius 1 is 1.03 bits per heavy atom. The second-order valence-electron chi connectivity index (χ2n) is 11.8. The van der Waals surface area contributed by atoms with Crippen LogP contribution in [0.1, 0.15) is 74.3 Å². The summed E-state index contributed by atoms with van der Waals surface area (Å²) in [4.78, 5) is 41.5. The highest BCUT2D eigenvalue weighted by molar-refractivity contribution is 5.92. The van der Waals surface area contributed by atoms with E-state index in [1.807, 2.05) is 65.0 Å². The van der Waals surface area contributed by atoms with Crippen molar-refractivity contribution in [3.8, 4) is 0 Å². The largest absolute Gasteiger partial charge is 0.463 e. The van der Waals surface area contributed by atoms with Gasteiger partial charge in [0, 0.05) is 18.0 Å². The van der Waals surface area contributed by atoms with Crippen molar-refractivity contribution in [2.24, 2.45) is 11.3 Å². The lowest BCUT2D eigenvalue weighted by atomic mass is 9.76. The normalized spacial score (nSPS) is 15.1. The molecular weight excluding hydrogens is 466 g/mol. The van der Waals surface area contributed by atoms with Crippen LogP contribution in [0, 0.1) is 11.3 Å². The Labute approximate surface area is 224 Å². The lowest BCUT2D eigenvalue weighted by Gasteiger charge is -2.39. The molecule has 1 aromatic carbocycles. The van der Waals surface area contributed by atoms with Crippen molar-refractivity contribution in [1.29, 1.82) is 0 Å². The molecule has 0 radical (unpaired) electrons. The number of likely N-dealkylation sites (N-methyl/N-ethyl adjacent to an activating group) is 2. The minimum absolute atomic E-state index is 0.202. The van der Waals surface area contributed by atoms with Crippen molar-refractivity contribution in [1.82, 2.24) is 15.5 Å². The minimum atomic E-state index is -0.765. The highest BCUT2D eigenvalue weighted by Crippen LogP contribution is 2.29. The highest BCUT2D eigenvalue weighted by Gasteiger charge is 2.41. The third-order valence-corrected chi connectivity index (χ3v) is 6.79.